The number of benzene rings is 4. The highest BCUT2D eigenvalue weighted by Gasteiger charge is 2.34. The van der Waals surface area contributed by atoms with E-state index in [1.54, 1.807) is 4.90 Å². The molecule has 8 nitrogen and oxygen atoms in total. The number of nitrogens with one attached hydrogen (secondary N) is 2. The van der Waals surface area contributed by atoms with Crippen LogP contribution in [0.1, 0.15) is 11.1 Å². The summed E-state index contributed by atoms with van der Waals surface area (Å²) in [5.74, 6) is -0.238. The predicted molar refractivity (Wildman–Crippen MR) is 158 cm³/mol. The van der Waals surface area contributed by atoms with Gasteiger partial charge in [-0.15, -0.1) is 0 Å². The van der Waals surface area contributed by atoms with Gasteiger partial charge >= 0.3 is 0 Å². The zero-order chi connectivity index (χ0) is 26.2. The fourth-order valence-electron chi connectivity index (χ4n) is 4.06. The normalized spacial score (nSPS) is 14.2. The van der Waals surface area contributed by atoms with Crippen molar-refractivity contribution in [3.63, 3.8) is 0 Å². The maximum absolute atomic E-state index is 13.5. The van der Waals surface area contributed by atoms with E-state index >= 15 is 0 Å². The van der Waals surface area contributed by atoms with E-state index in [0.29, 0.717) is 17.8 Å². The standard InChI is InChI=1S/C26H20IN5O3S2/c27-19-7-12-23-22(14-19)24(30-31-26(36)29-20-8-10-21(11-9-20)37(28,34)35)25(33)32(23)15-16-5-6-17-3-1-2-4-18(17)13-16/h1-14H,15H2,(H2,28,34,35)(H2,29,31,36). The highest BCUT2D eigenvalue weighted by molar-refractivity contribution is 14.1. The van der Waals surface area contributed by atoms with Gasteiger partial charge in [0.15, 0.2) is 10.8 Å². The highest BCUT2D eigenvalue weighted by Crippen LogP contribution is 2.32. The van der Waals surface area contributed by atoms with Crippen molar-refractivity contribution in [1.82, 2.24) is 5.43 Å². The van der Waals surface area contributed by atoms with Crippen LogP contribution >= 0.6 is 34.8 Å². The summed E-state index contributed by atoms with van der Waals surface area (Å²) < 4.78 is 23.8. The Bertz CT molecular complexity index is 1690. The number of halogens is 1. The van der Waals surface area contributed by atoms with Crippen LogP contribution in [-0.2, 0) is 21.4 Å². The Kier molecular flexibility index (Phi) is 6.94. The number of rotatable bonds is 5. The molecule has 0 fully saturated rings. The van der Waals surface area contributed by atoms with Crippen LogP contribution < -0.4 is 20.8 Å². The average Bonchev–Trinajstić information content (AvgIpc) is 3.12. The molecule has 0 aromatic heterocycles. The van der Waals surface area contributed by atoms with Gasteiger partial charge in [-0.25, -0.2) is 13.6 Å². The molecule has 1 amide bonds. The minimum atomic E-state index is -3.79. The molecule has 4 aromatic carbocycles. The molecule has 1 aliphatic rings. The zero-order valence-electron chi connectivity index (χ0n) is 19.2. The first-order chi connectivity index (χ1) is 17.7. The van der Waals surface area contributed by atoms with E-state index in [4.69, 9.17) is 17.4 Å². The third kappa shape index (κ3) is 5.49. The Labute approximate surface area is 232 Å². The number of carbonyl (C=O) groups is 1. The summed E-state index contributed by atoms with van der Waals surface area (Å²) in [6.07, 6.45) is 0. The number of thiocarbonyl (C=S) groups is 1. The van der Waals surface area contributed by atoms with Crippen LogP contribution in [0.25, 0.3) is 10.8 Å². The van der Waals surface area contributed by atoms with Crippen LogP contribution in [0, 0.1) is 3.57 Å². The number of amides is 1. The number of nitrogens with zero attached hydrogens (tertiary/aromatic N) is 2. The second-order valence-corrected chi connectivity index (χ2v) is 11.5. The Morgan fingerprint density at radius 1 is 0.973 bits per heavy atom. The van der Waals surface area contributed by atoms with Crippen LogP contribution in [0.3, 0.4) is 0 Å². The molecule has 186 valence electrons. The molecule has 1 aliphatic heterocycles. The van der Waals surface area contributed by atoms with Crippen molar-refractivity contribution < 1.29 is 13.2 Å². The second kappa shape index (κ2) is 10.2. The molecule has 0 bridgehead atoms. The van der Waals surface area contributed by atoms with Crippen molar-refractivity contribution in [1.29, 1.82) is 0 Å². The van der Waals surface area contributed by atoms with Crippen LogP contribution in [0.5, 0.6) is 0 Å². The Morgan fingerprint density at radius 2 is 1.70 bits per heavy atom. The lowest BCUT2D eigenvalue weighted by molar-refractivity contribution is -0.112. The minimum absolute atomic E-state index is 0.00793. The third-order valence-corrected chi connectivity index (χ3v) is 7.61. The van der Waals surface area contributed by atoms with Crippen molar-refractivity contribution >= 4 is 83.7 Å². The minimum Gasteiger partial charge on any atom is -0.331 e. The maximum atomic E-state index is 13.5. The molecule has 0 atom stereocenters. The lowest BCUT2D eigenvalue weighted by atomic mass is 10.1. The van der Waals surface area contributed by atoms with Gasteiger partial charge in [0.05, 0.1) is 17.1 Å². The number of anilines is 2. The quantitative estimate of drug-likeness (QED) is 0.170. The predicted octanol–water partition coefficient (Wildman–Crippen LogP) is 4.33. The molecule has 0 radical (unpaired) electrons. The van der Waals surface area contributed by atoms with Crippen molar-refractivity contribution in [2.24, 2.45) is 10.2 Å². The third-order valence-electron chi connectivity index (χ3n) is 5.82. The van der Waals surface area contributed by atoms with Crippen molar-refractivity contribution in [3.05, 3.63) is 99.6 Å². The van der Waals surface area contributed by atoms with Gasteiger partial charge in [0.2, 0.25) is 10.0 Å². The monoisotopic (exact) mass is 641 g/mol. The zero-order valence-corrected chi connectivity index (χ0v) is 23.0. The summed E-state index contributed by atoms with van der Waals surface area (Å²) >= 11 is 7.52. The van der Waals surface area contributed by atoms with Gasteiger partial charge in [0.1, 0.15) is 0 Å². The van der Waals surface area contributed by atoms with Gasteiger partial charge in [-0.3, -0.25) is 10.2 Å². The summed E-state index contributed by atoms with van der Waals surface area (Å²) in [5, 5.41) is 14.8. The first kappa shape index (κ1) is 25.3. The molecule has 37 heavy (non-hydrogen) atoms. The molecule has 1 heterocycles. The van der Waals surface area contributed by atoms with Gasteiger partial charge in [0.25, 0.3) is 5.91 Å². The molecular formula is C26H20IN5O3S2. The summed E-state index contributed by atoms with van der Waals surface area (Å²) in [6, 6.07) is 25.8. The average molecular weight is 642 g/mol. The number of sulfonamides is 1. The Hall–Kier alpha value is -3.39. The molecular weight excluding hydrogens is 621 g/mol. The SMILES string of the molecule is NS(=O)(=O)c1ccc(NC(=S)NN=C2C(=O)N(Cc3ccc4ccccc4c3)c3ccc(I)cc32)cc1. The van der Waals surface area contributed by atoms with Crippen molar-refractivity contribution in [2.75, 3.05) is 10.2 Å². The van der Waals surface area contributed by atoms with E-state index in [2.05, 4.69) is 56.6 Å². The number of hydrazone groups is 1. The fraction of sp³-hybridized carbons (Fsp3) is 0.0385. The van der Waals surface area contributed by atoms with Crippen LogP contribution in [0.4, 0.5) is 11.4 Å². The summed E-state index contributed by atoms with van der Waals surface area (Å²) in [5.41, 5.74) is 6.02. The summed E-state index contributed by atoms with van der Waals surface area (Å²) in [4.78, 5) is 15.2. The molecule has 0 saturated carbocycles. The summed E-state index contributed by atoms with van der Waals surface area (Å²) in [6.45, 7) is 0.398. The molecule has 0 aliphatic carbocycles. The first-order valence-electron chi connectivity index (χ1n) is 11.1. The van der Waals surface area contributed by atoms with Crippen LogP contribution in [0.2, 0.25) is 0 Å². The number of hydrogen-bond donors (Lipinski definition) is 3. The summed E-state index contributed by atoms with van der Waals surface area (Å²) in [7, 11) is -3.79. The van der Waals surface area contributed by atoms with Crippen molar-refractivity contribution in [2.45, 2.75) is 11.4 Å². The second-order valence-electron chi connectivity index (χ2n) is 8.33. The van der Waals surface area contributed by atoms with Gasteiger partial charge in [-0.1, -0.05) is 36.4 Å². The van der Waals surface area contributed by atoms with E-state index in [9.17, 15) is 13.2 Å². The highest BCUT2D eigenvalue weighted by atomic mass is 127. The number of primary sulfonamides is 1. The van der Waals surface area contributed by atoms with E-state index in [1.807, 2.05) is 42.5 Å². The molecule has 0 saturated heterocycles. The molecule has 0 unspecified atom stereocenters. The molecule has 4 aromatic rings. The molecule has 11 heteroatoms. The van der Waals surface area contributed by atoms with Crippen molar-refractivity contribution in [3.8, 4) is 0 Å². The molecule has 4 N–H and O–H groups in total. The van der Waals surface area contributed by atoms with Gasteiger partial charge < -0.3 is 10.2 Å². The maximum Gasteiger partial charge on any atom is 0.279 e. The van der Waals surface area contributed by atoms with Crippen LogP contribution in [0.15, 0.2) is 94.9 Å². The Morgan fingerprint density at radius 3 is 2.43 bits per heavy atom. The van der Waals surface area contributed by atoms with Gasteiger partial charge in [-0.05, 0) is 99.7 Å². The lowest BCUT2D eigenvalue weighted by Gasteiger charge is -2.17. The van der Waals surface area contributed by atoms with E-state index in [0.717, 1.165) is 25.6 Å². The topological polar surface area (TPSA) is 117 Å². The van der Waals surface area contributed by atoms with Gasteiger partial charge in [0, 0.05) is 14.8 Å². The number of hydrogen-bond acceptors (Lipinski definition) is 5. The number of carbonyl (C=O) groups excluding carboxylic acids is 1. The van der Waals surface area contributed by atoms with E-state index < -0.39 is 10.0 Å². The van der Waals surface area contributed by atoms with E-state index in [1.165, 1.54) is 24.3 Å². The Balaban J connectivity index is 1.36. The van der Waals surface area contributed by atoms with Crippen LogP contribution in [-0.4, -0.2) is 25.1 Å². The molecule has 5 rings (SSSR count). The van der Waals surface area contributed by atoms with E-state index in [-0.39, 0.29) is 21.6 Å². The lowest BCUT2D eigenvalue weighted by Crippen LogP contribution is -2.32. The number of nitrogens with two attached hydrogens (primary N) is 1. The first-order valence-corrected chi connectivity index (χ1v) is 14.1. The molecule has 0 spiro atoms. The number of fused-ring (bicyclic) bond motifs is 2. The largest absolute Gasteiger partial charge is 0.331 e. The van der Waals surface area contributed by atoms with Gasteiger partial charge in [-0.2, -0.15) is 5.10 Å². The smallest absolute Gasteiger partial charge is 0.279 e. The fourth-order valence-corrected chi connectivity index (χ4v) is 5.23.